The lowest BCUT2D eigenvalue weighted by Gasteiger charge is -2.64. The van der Waals surface area contributed by atoms with E-state index in [0.29, 0.717) is 11.1 Å². The Kier molecular flexibility index (Phi) is 2.79. The fraction of sp³-hybridized carbons (Fsp3) is 1.00. The van der Waals surface area contributed by atoms with Crippen molar-refractivity contribution in [1.82, 2.24) is 9.80 Å². The van der Waals surface area contributed by atoms with Crippen molar-refractivity contribution in [2.45, 2.75) is 76.4 Å². The van der Waals surface area contributed by atoms with Crippen LogP contribution in [0.4, 0.5) is 0 Å². The summed E-state index contributed by atoms with van der Waals surface area (Å²) in [6.07, 6.45) is 8.76. The smallest absolute Gasteiger partial charge is 0.0466 e. The van der Waals surface area contributed by atoms with Crippen molar-refractivity contribution in [1.29, 1.82) is 0 Å². The van der Waals surface area contributed by atoms with E-state index < -0.39 is 0 Å². The van der Waals surface area contributed by atoms with Crippen LogP contribution in [0, 0.1) is 0 Å². The molecule has 98 valence electrons. The molecule has 0 aromatic heterocycles. The number of hydrogen-bond acceptors (Lipinski definition) is 2. The molecule has 1 saturated carbocycles. The van der Waals surface area contributed by atoms with Crippen LogP contribution in [0.1, 0.15) is 59.3 Å². The summed E-state index contributed by atoms with van der Waals surface area (Å²) < 4.78 is 0. The van der Waals surface area contributed by atoms with Gasteiger partial charge >= 0.3 is 0 Å². The largest absolute Gasteiger partial charge is 0.295 e. The Balaban J connectivity index is 1.68. The Hall–Kier alpha value is -0.0800. The third-order valence-corrected chi connectivity index (χ3v) is 5.33. The topological polar surface area (TPSA) is 6.48 Å². The van der Waals surface area contributed by atoms with E-state index in [1.165, 1.54) is 58.2 Å². The molecule has 0 unspecified atom stereocenters. The van der Waals surface area contributed by atoms with Gasteiger partial charge in [0.2, 0.25) is 0 Å². The monoisotopic (exact) mass is 236 g/mol. The number of rotatable bonds is 1. The SMILES string of the molecule is CC(C)(C)N1CC2(CCCCN2C2CCC2)C1. The summed E-state index contributed by atoms with van der Waals surface area (Å²) in [5.41, 5.74) is 0.949. The molecule has 0 N–H and O–H groups in total. The lowest BCUT2D eigenvalue weighted by Crippen LogP contribution is -2.76. The highest BCUT2D eigenvalue weighted by atomic mass is 15.4. The molecular weight excluding hydrogens is 208 g/mol. The molecule has 17 heavy (non-hydrogen) atoms. The van der Waals surface area contributed by atoms with Crippen LogP contribution in [0.3, 0.4) is 0 Å². The Morgan fingerprint density at radius 2 is 1.71 bits per heavy atom. The van der Waals surface area contributed by atoms with Crippen molar-refractivity contribution in [3.63, 3.8) is 0 Å². The molecule has 2 saturated heterocycles. The molecular formula is C15H28N2. The number of piperidine rings is 1. The summed E-state index contributed by atoms with van der Waals surface area (Å²) in [7, 11) is 0. The summed E-state index contributed by atoms with van der Waals surface area (Å²) in [5, 5.41) is 0. The van der Waals surface area contributed by atoms with Gasteiger partial charge in [-0.05, 0) is 53.0 Å². The van der Waals surface area contributed by atoms with Gasteiger partial charge in [-0.2, -0.15) is 0 Å². The van der Waals surface area contributed by atoms with Gasteiger partial charge in [-0.1, -0.05) is 12.8 Å². The summed E-state index contributed by atoms with van der Waals surface area (Å²) in [6, 6.07) is 0.942. The van der Waals surface area contributed by atoms with Crippen molar-refractivity contribution >= 4 is 0 Å². The van der Waals surface area contributed by atoms with E-state index in [1.54, 1.807) is 0 Å². The predicted octanol–water partition coefficient (Wildman–Crippen LogP) is 2.88. The van der Waals surface area contributed by atoms with E-state index in [9.17, 15) is 0 Å². The summed E-state index contributed by atoms with van der Waals surface area (Å²) in [6.45, 7) is 11.1. The van der Waals surface area contributed by atoms with Gasteiger partial charge in [-0.15, -0.1) is 0 Å². The molecule has 3 fully saturated rings. The van der Waals surface area contributed by atoms with Crippen LogP contribution in [-0.2, 0) is 0 Å². The number of hydrogen-bond donors (Lipinski definition) is 0. The minimum atomic E-state index is 0.369. The van der Waals surface area contributed by atoms with E-state index in [1.807, 2.05) is 0 Å². The van der Waals surface area contributed by atoms with Gasteiger partial charge in [-0.25, -0.2) is 0 Å². The van der Waals surface area contributed by atoms with Crippen molar-refractivity contribution in [2.24, 2.45) is 0 Å². The molecule has 0 amide bonds. The maximum atomic E-state index is 2.90. The second-order valence-corrected chi connectivity index (χ2v) is 7.49. The lowest BCUT2D eigenvalue weighted by atomic mass is 9.74. The molecule has 0 aromatic carbocycles. The van der Waals surface area contributed by atoms with Crippen molar-refractivity contribution in [3.8, 4) is 0 Å². The Morgan fingerprint density at radius 1 is 1.00 bits per heavy atom. The maximum Gasteiger partial charge on any atom is 0.0466 e. The van der Waals surface area contributed by atoms with Gasteiger partial charge in [0.05, 0.1) is 0 Å². The predicted molar refractivity (Wildman–Crippen MR) is 72.3 cm³/mol. The maximum absolute atomic E-state index is 2.90. The van der Waals surface area contributed by atoms with Crippen LogP contribution in [0.25, 0.3) is 0 Å². The minimum Gasteiger partial charge on any atom is -0.295 e. The average molecular weight is 236 g/mol. The highest BCUT2D eigenvalue weighted by Gasteiger charge is 2.53. The van der Waals surface area contributed by atoms with Crippen molar-refractivity contribution in [3.05, 3.63) is 0 Å². The van der Waals surface area contributed by atoms with Crippen LogP contribution >= 0.6 is 0 Å². The molecule has 1 spiro atoms. The highest BCUT2D eigenvalue weighted by molar-refractivity contribution is 5.10. The Morgan fingerprint density at radius 3 is 2.24 bits per heavy atom. The molecule has 3 rings (SSSR count). The second kappa shape index (κ2) is 3.96. The zero-order valence-electron chi connectivity index (χ0n) is 11.8. The zero-order chi connectivity index (χ0) is 12.1. The quantitative estimate of drug-likeness (QED) is 0.691. The molecule has 0 aromatic rings. The van der Waals surface area contributed by atoms with E-state index in [2.05, 4.69) is 30.6 Å². The van der Waals surface area contributed by atoms with Gasteiger partial charge in [0, 0.05) is 30.2 Å². The van der Waals surface area contributed by atoms with Gasteiger partial charge in [0.25, 0.3) is 0 Å². The standard InChI is InChI=1S/C15H28N2/c1-14(2,3)16-11-15(12-16)9-4-5-10-17(15)13-7-6-8-13/h13H,4-12H2,1-3H3. The number of likely N-dealkylation sites (tertiary alicyclic amines) is 2. The van der Waals surface area contributed by atoms with E-state index in [4.69, 9.17) is 0 Å². The molecule has 2 aliphatic heterocycles. The average Bonchev–Trinajstić information content (AvgIpc) is 2.10. The first-order valence-corrected chi connectivity index (χ1v) is 7.53. The summed E-state index contributed by atoms with van der Waals surface area (Å²) >= 11 is 0. The first-order chi connectivity index (χ1) is 8.01. The fourth-order valence-electron chi connectivity index (χ4n) is 3.86. The molecule has 1 aliphatic carbocycles. The van der Waals surface area contributed by atoms with Crippen molar-refractivity contribution in [2.75, 3.05) is 19.6 Å². The minimum absolute atomic E-state index is 0.369. The first kappa shape index (κ1) is 12.0. The van der Waals surface area contributed by atoms with Crippen LogP contribution in [-0.4, -0.2) is 46.6 Å². The van der Waals surface area contributed by atoms with Crippen LogP contribution in [0.15, 0.2) is 0 Å². The van der Waals surface area contributed by atoms with Gasteiger partial charge in [0.1, 0.15) is 0 Å². The third kappa shape index (κ3) is 1.94. The molecule has 2 nitrogen and oxygen atoms in total. The lowest BCUT2D eigenvalue weighted by molar-refractivity contribution is -0.137. The highest BCUT2D eigenvalue weighted by Crippen LogP contribution is 2.43. The van der Waals surface area contributed by atoms with Crippen LogP contribution in [0.2, 0.25) is 0 Å². The molecule has 3 aliphatic rings. The van der Waals surface area contributed by atoms with Gasteiger partial charge in [-0.3, -0.25) is 9.80 Å². The molecule has 0 bridgehead atoms. The summed E-state index contributed by atoms with van der Waals surface area (Å²) in [4.78, 5) is 5.58. The first-order valence-electron chi connectivity index (χ1n) is 7.53. The molecule has 0 atom stereocenters. The normalized spacial score (nSPS) is 31.2. The second-order valence-electron chi connectivity index (χ2n) is 7.49. The zero-order valence-corrected chi connectivity index (χ0v) is 11.8. The summed E-state index contributed by atoms with van der Waals surface area (Å²) in [5.74, 6) is 0. The van der Waals surface area contributed by atoms with E-state index in [-0.39, 0.29) is 0 Å². The van der Waals surface area contributed by atoms with E-state index >= 15 is 0 Å². The van der Waals surface area contributed by atoms with Crippen molar-refractivity contribution < 1.29 is 0 Å². The third-order valence-electron chi connectivity index (χ3n) is 5.33. The molecule has 2 heterocycles. The van der Waals surface area contributed by atoms with Gasteiger partial charge in [0.15, 0.2) is 0 Å². The molecule has 0 radical (unpaired) electrons. The Labute approximate surface area is 106 Å². The van der Waals surface area contributed by atoms with Crippen LogP contribution < -0.4 is 0 Å². The van der Waals surface area contributed by atoms with Gasteiger partial charge < -0.3 is 0 Å². The number of nitrogens with zero attached hydrogens (tertiary/aromatic N) is 2. The fourth-order valence-corrected chi connectivity index (χ4v) is 3.86. The van der Waals surface area contributed by atoms with E-state index in [0.717, 1.165) is 6.04 Å². The Bertz CT molecular complexity index is 282. The molecule has 2 heteroatoms. The van der Waals surface area contributed by atoms with Crippen LogP contribution in [0.5, 0.6) is 0 Å².